The maximum absolute atomic E-state index is 13.6. The van der Waals surface area contributed by atoms with E-state index in [1.54, 1.807) is 6.20 Å². The molecule has 0 spiro atoms. The number of fused-ring (bicyclic) bond motifs is 2. The second kappa shape index (κ2) is 11.3. The van der Waals surface area contributed by atoms with Gasteiger partial charge in [0.05, 0.1) is 29.6 Å². The van der Waals surface area contributed by atoms with Gasteiger partial charge in [0.15, 0.2) is 5.78 Å². The summed E-state index contributed by atoms with van der Waals surface area (Å²) in [5.41, 5.74) is 6.38. The quantitative estimate of drug-likeness (QED) is 0.234. The molecule has 216 valence electrons. The predicted molar refractivity (Wildman–Crippen MR) is 162 cm³/mol. The first-order valence-electron chi connectivity index (χ1n) is 15.0. The van der Waals surface area contributed by atoms with Crippen molar-refractivity contribution in [1.29, 1.82) is 0 Å². The lowest BCUT2D eigenvalue weighted by molar-refractivity contribution is 0.0987. The molecule has 1 saturated carbocycles. The molecule has 1 aliphatic carbocycles. The number of rotatable bonds is 10. The molecular formula is C33H37N7O2. The van der Waals surface area contributed by atoms with E-state index in [0.717, 1.165) is 66.3 Å². The van der Waals surface area contributed by atoms with Crippen molar-refractivity contribution in [3.8, 4) is 5.75 Å². The van der Waals surface area contributed by atoms with Crippen molar-refractivity contribution in [2.24, 2.45) is 0 Å². The molecule has 1 aliphatic heterocycles. The molecule has 4 aromatic heterocycles. The van der Waals surface area contributed by atoms with Crippen LogP contribution in [0.15, 0.2) is 60.9 Å². The number of benzene rings is 1. The van der Waals surface area contributed by atoms with Gasteiger partial charge in [-0.3, -0.25) is 23.8 Å². The Hall–Kier alpha value is -4.08. The van der Waals surface area contributed by atoms with Gasteiger partial charge in [0.2, 0.25) is 0 Å². The molecule has 5 heterocycles. The van der Waals surface area contributed by atoms with Gasteiger partial charge < -0.3 is 9.64 Å². The van der Waals surface area contributed by atoms with Gasteiger partial charge >= 0.3 is 0 Å². The number of piperazine rings is 1. The molecule has 9 nitrogen and oxygen atoms in total. The molecule has 5 aromatic rings. The van der Waals surface area contributed by atoms with Gasteiger partial charge in [0, 0.05) is 68.4 Å². The zero-order valence-electron chi connectivity index (χ0n) is 24.4. The largest absolute Gasteiger partial charge is 0.492 e. The Labute approximate surface area is 245 Å². The summed E-state index contributed by atoms with van der Waals surface area (Å²) >= 11 is 0. The van der Waals surface area contributed by atoms with E-state index in [0.29, 0.717) is 30.4 Å². The third kappa shape index (κ3) is 5.54. The first-order chi connectivity index (χ1) is 20.5. The average Bonchev–Trinajstić information content (AvgIpc) is 3.69. The van der Waals surface area contributed by atoms with Crippen LogP contribution < -0.4 is 4.74 Å². The number of imidazole rings is 1. The van der Waals surface area contributed by atoms with E-state index in [1.807, 2.05) is 46.5 Å². The minimum atomic E-state index is 0.0182. The van der Waals surface area contributed by atoms with Crippen LogP contribution in [0.2, 0.25) is 0 Å². The number of Topliss-reactive ketones (excluding diaryl/α,β-unsaturated/α-hetero) is 1. The Morgan fingerprint density at radius 3 is 2.71 bits per heavy atom. The van der Waals surface area contributed by atoms with E-state index >= 15 is 0 Å². The number of hydrogen-bond donors (Lipinski definition) is 0. The zero-order valence-corrected chi connectivity index (χ0v) is 24.4. The smallest absolute Gasteiger partial charge is 0.185 e. The summed E-state index contributed by atoms with van der Waals surface area (Å²) in [6.07, 6.45) is 6.29. The molecule has 0 radical (unpaired) electrons. The minimum Gasteiger partial charge on any atom is -0.492 e. The van der Waals surface area contributed by atoms with Crippen LogP contribution in [0.1, 0.15) is 51.9 Å². The van der Waals surface area contributed by atoms with Crippen molar-refractivity contribution < 1.29 is 9.53 Å². The molecule has 42 heavy (non-hydrogen) atoms. The number of ether oxygens (including phenoxy) is 1. The van der Waals surface area contributed by atoms with Gasteiger partial charge in [-0.1, -0.05) is 18.2 Å². The number of carbonyl (C=O) groups excluding carboxylic acids is 1. The Morgan fingerprint density at radius 1 is 1.05 bits per heavy atom. The Balaban J connectivity index is 1.05. The highest BCUT2D eigenvalue weighted by Gasteiger charge is 2.25. The maximum Gasteiger partial charge on any atom is 0.185 e. The van der Waals surface area contributed by atoms with Gasteiger partial charge in [-0.15, -0.1) is 0 Å². The van der Waals surface area contributed by atoms with E-state index in [1.165, 1.54) is 18.5 Å². The van der Waals surface area contributed by atoms with E-state index in [4.69, 9.17) is 14.8 Å². The van der Waals surface area contributed by atoms with E-state index in [9.17, 15) is 4.79 Å². The van der Waals surface area contributed by atoms with Crippen LogP contribution in [0.25, 0.3) is 16.6 Å². The lowest BCUT2D eigenvalue weighted by Crippen LogP contribution is -2.45. The molecule has 0 unspecified atom stereocenters. The Bertz CT molecular complexity index is 1740. The summed E-state index contributed by atoms with van der Waals surface area (Å²) in [4.78, 5) is 27.8. The highest BCUT2D eigenvalue weighted by atomic mass is 16.5. The monoisotopic (exact) mass is 563 g/mol. The number of hydrogen-bond acceptors (Lipinski definition) is 7. The molecule has 1 saturated heterocycles. The molecule has 0 atom stereocenters. The summed E-state index contributed by atoms with van der Waals surface area (Å²) in [6, 6.07) is 16.2. The van der Waals surface area contributed by atoms with Crippen LogP contribution in [0, 0.1) is 6.92 Å². The number of likely N-dealkylation sites (N-methyl/N-ethyl adjacent to an activating group) is 1. The molecule has 7 rings (SSSR count). The lowest BCUT2D eigenvalue weighted by atomic mass is 10.0. The van der Waals surface area contributed by atoms with Gasteiger partial charge in [0.1, 0.15) is 23.7 Å². The number of aryl methyl sites for hydroxylation is 1. The van der Waals surface area contributed by atoms with E-state index in [2.05, 4.69) is 46.1 Å². The molecule has 2 fully saturated rings. The molecule has 9 heteroatoms. The van der Waals surface area contributed by atoms with Crippen molar-refractivity contribution in [3.63, 3.8) is 0 Å². The first-order valence-corrected chi connectivity index (χ1v) is 15.0. The van der Waals surface area contributed by atoms with Crippen molar-refractivity contribution in [1.82, 2.24) is 33.9 Å². The normalized spacial score (nSPS) is 16.4. The van der Waals surface area contributed by atoms with Crippen molar-refractivity contribution in [3.05, 3.63) is 89.3 Å². The predicted octanol–water partition coefficient (Wildman–Crippen LogP) is 4.36. The number of carbonyl (C=O) groups is 1. The van der Waals surface area contributed by atoms with Gasteiger partial charge in [-0.25, -0.2) is 4.98 Å². The molecule has 0 amide bonds. The summed E-state index contributed by atoms with van der Waals surface area (Å²) in [5.74, 6) is 1.40. The van der Waals surface area contributed by atoms with Crippen molar-refractivity contribution in [2.75, 3.05) is 46.4 Å². The zero-order chi connectivity index (χ0) is 28.6. The van der Waals surface area contributed by atoms with Crippen molar-refractivity contribution >= 4 is 22.3 Å². The molecular weight excluding hydrogens is 526 g/mol. The molecule has 1 aromatic carbocycles. The maximum atomic E-state index is 13.6. The second-order valence-electron chi connectivity index (χ2n) is 11.7. The Morgan fingerprint density at radius 2 is 1.88 bits per heavy atom. The van der Waals surface area contributed by atoms with Crippen molar-refractivity contribution in [2.45, 2.75) is 38.6 Å². The lowest BCUT2D eigenvalue weighted by Gasteiger charge is -2.32. The van der Waals surface area contributed by atoms with Crippen LogP contribution in [0.3, 0.4) is 0 Å². The van der Waals surface area contributed by atoms with E-state index in [-0.39, 0.29) is 12.2 Å². The standard InChI is InChI=1S/C33H37N7O2/c1-23-33-25(5-3-8-29(33)40(36-23)22-26-6-4-7-28(35-26)24-9-10-24)19-31(41)30-21-34-32-20-27(11-12-39(30)32)42-18-17-38-15-13-37(2)14-16-38/h3-8,11-12,20-21,24H,9-10,13-19,22H2,1-2H3. The third-order valence-electron chi connectivity index (χ3n) is 8.57. The topological polar surface area (TPSA) is 80.8 Å². The summed E-state index contributed by atoms with van der Waals surface area (Å²) in [7, 11) is 2.16. The summed E-state index contributed by atoms with van der Waals surface area (Å²) in [5, 5.41) is 5.89. The second-order valence-corrected chi connectivity index (χ2v) is 11.7. The number of pyridine rings is 2. The summed E-state index contributed by atoms with van der Waals surface area (Å²) in [6.45, 7) is 8.50. The molecule has 0 N–H and O–H groups in total. The van der Waals surface area contributed by atoms with E-state index < -0.39 is 0 Å². The van der Waals surface area contributed by atoms with Crippen LogP contribution in [0.5, 0.6) is 5.75 Å². The highest BCUT2D eigenvalue weighted by molar-refractivity contribution is 5.99. The van der Waals surface area contributed by atoms with Crippen LogP contribution in [-0.2, 0) is 13.0 Å². The average molecular weight is 564 g/mol. The third-order valence-corrected chi connectivity index (χ3v) is 8.57. The molecule has 0 bridgehead atoms. The first kappa shape index (κ1) is 26.8. The fraction of sp³-hybridized carbons (Fsp3) is 0.394. The molecule has 2 aliphatic rings. The number of aromatic nitrogens is 5. The van der Waals surface area contributed by atoms with Crippen LogP contribution in [-0.4, -0.2) is 86.1 Å². The fourth-order valence-corrected chi connectivity index (χ4v) is 6.00. The fourth-order valence-electron chi connectivity index (χ4n) is 6.00. The summed E-state index contributed by atoms with van der Waals surface area (Å²) < 4.78 is 9.89. The Kier molecular flexibility index (Phi) is 7.21. The van der Waals surface area contributed by atoms with Crippen LogP contribution in [0.4, 0.5) is 0 Å². The number of ketones is 1. The van der Waals surface area contributed by atoms with Gasteiger partial charge in [-0.05, 0) is 56.6 Å². The SMILES string of the molecule is Cc1nn(Cc2cccc(C3CC3)n2)c2cccc(CC(=O)c3cnc4cc(OCCN5CCN(C)CC5)ccn34)c12. The highest BCUT2D eigenvalue weighted by Crippen LogP contribution is 2.39. The number of nitrogens with zero attached hydrogens (tertiary/aromatic N) is 7. The van der Waals surface area contributed by atoms with Crippen LogP contribution >= 0.6 is 0 Å². The van der Waals surface area contributed by atoms with Gasteiger partial charge in [-0.2, -0.15) is 5.10 Å². The minimum absolute atomic E-state index is 0.0182. The van der Waals surface area contributed by atoms with Gasteiger partial charge in [0.25, 0.3) is 0 Å².